The molecule has 0 spiro atoms. The molecule has 0 saturated heterocycles. The van der Waals surface area contributed by atoms with Crippen LogP contribution in [-0.2, 0) is 5.54 Å². The van der Waals surface area contributed by atoms with Gasteiger partial charge in [-0.25, -0.2) is 4.99 Å². The predicted molar refractivity (Wildman–Crippen MR) is 71.8 cm³/mol. The van der Waals surface area contributed by atoms with E-state index in [0.29, 0.717) is 23.4 Å². The van der Waals surface area contributed by atoms with Crippen LogP contribution in [0.1, 0.15) is 18.4 Å². The molecular weight excluding hydrogens is 228 g/mol. The number of benzene rings is 1. The third kappa shape index (κ3) is 1.57. The highest BCUT2D eigenvalue weighted by atomic mass is 16.6. The van der Waals surface area contributed by atoms with Crippen molar-refractivity contribution in [1.82, 2.24) is 0 Å². The third-order valence-corrected chi connectivity index (χ3v) is 3.17. The maximum atomic E-state index is 11.6. The molecule has 1 unspecified atom stereocenters. The fraction of sp³-hybridized carbons (Fsp3) is 0.214. The molecule has 92 valence electrons. The minimum Gasteiger partial charge on any atom is -0.263 e. The van der Waals surface area contributed by atoms with Crippen LogP contribution in [0.4, 0.5) is 5.69 Å². The van der Waals surface area contributed by atoms with Crippen molar-refractivity contribution in [1.29, 1.82) is 0 Å². The maximum absolute atomic E-state index is 11.6. The summed E-state index contributed by atoms with van der Waals surface area (Å²) < 4.78 is 0. The molecule has 0 fully saturated rings. The zero-order chi connectivity index (χ0) is 13.2. The average molecular weight is 242 g/mol. The smallest absolute Gasteiger partial charge is 0.263 e. The number of allylic oxidation sites excluding steroid dienone is 1. The fourth-order valence-corrected chi connectivity index (χ4v) is 2.38. The van der Waals surface area contributed by atoms with Gasteiger partial charge in [-0.15, -0.1) is 13.2 Å². The number of nitro groups is 1. The van der Waals surface area contributed by atoms with Gasteiger partial charge in [0.25, 0.3) is 5.54 Å². The van der Waals surface area contributed by atoms with Crippen LogP contribution >= 0.6 is 0 Å². The largest absolute Gasteiger partial charge is 0.290 e. The Morgan fingerprint density at radius 2 is 2.06 bits per heavy atom. The minimum absolute atomic E-state index is 0.240. The fourth-order valence-electron chi connectivity index (χ4n) is 2.38. The van der Waals surface area contributed by atoms with Crippen molar-refractivity contribution >= 4 is 11.4 Å². The average Bonchev–Trinajstić information content (AvgIpc) is 2.66. The van der Waals surface area contributed by atoms with Crippen molar-refractivity contribution in [3.05, 3.63) is 65.3 Å². The van der Waals surface area contributed by atoms with Gasteiger partial charge in [0.15, 0.2) is 0 Å². The maximum Gasteiger partial charge on any atom is 0.290 e. The second-order valence-electron chi connectivity index (χ2n) is 4.18. The summed E-state index contributed by atoms with van der Waals surface area (Å²) in [5, 5.41) is 11.6. The Morgan fingerprint density at radius 3 is 2.67 bits per heavy atom. The van der Waals surface area contributed by atoms with Gasteiger partial charge in [0, 0.05) is 17.8 Å². The Morgan fingerprint density at radius 1 is 1.33 bits per heavy atom. The molecule has 0 aliphatic carbocycles. The normalized spacial score (nSPS) is 21.0. The monoisotopic (exact) mass is 242 g/mol. The lowest BCUT2D eigenvalue weighted by molar-refractivity contribution is -0.554. The molecule has 1 aliphatic rings. The van der Waals surface area contributed by atoms with Gasteiger partial charge < -0.3 is 0 Å². The number of rotatable bonds is 5. The molecule has 0 amide bonds. The van der Waals surface area contributed by atoms with Crippen LogP contribution in [0.5, 0.6) is 0 Å². The lowest BCUT2D eigenvalue weighted by Crippen LogP contribution is -2.40. The van der Waals surface area contributed by atoms with E-state index in [4.69, 9.17) is 0 Å². The molecule has 18 heavy (non-hydrogen) atoms. The Kier molecular flexibility index (Phi) is 3.10. The van der Waals surface area contributed by atoms with Crippen LogP contribution in [0.2, 0.25) is 0 Å². The van der Waals surface area contributed by atoms with Crippen LogP contribution in [0.3, 0.4) is 0 Å². The van der Waals surface area contributed by atoms with Crippen LogP contribution in [-0.4, -0.2) is 10.6 Å². The topological polar surface area (TPSA) is 55.5 Å². The van der Waals surface area contributed by atoms with E-state index in [-0.39, 0.29) is 11.3 Å². The molecule has 2 rings (SSSR count). The molecule has 1 heterocycles. The predicted octanol–water partition coefficient (Wildman–Crippen LogP) is 3.40. The lowest BCUT2D eigenvalue weighted by atomic mass is 9.83. The summed E-state index contributed by atoms with van der Waals surface area (Å²) in [5.41, 5.74) is 0.579. The van der Waals surface area contributed by atoms with Gasteiger partial charge in [0.05, 0.1) is 11.3 Å². The van der Waals surface area contributed by atoms with Crippen LogP contribution in [0.25, 0.3) is 0 Å². The standard InChI is InChI=1S/C14H14N2O2/c1-3-7-13-14(10-4-2,16(17)18)11-8-5-6-9-12(11)15-13/h3-6,8-9H,1-2,7,10H2. The quantitative estimate of drug-likeness (QED) is 0.451. The van der Waals surface area contributed by atoms with Crippen molar-refractivity contribution < 1.29 is 4.92 Å². The first-order chi connectivity index (χ1) is 8.66. The van der Waals surface area contributed by atoms with E-state index in [1.54, 1.807) is 30.4 Å². The van der Waals surface area contributed by atoms with E-state index < -0.39 is 5.54 Å². The Labute approximate surface area is 106 Å². The second kappa shape index (κ2) is 4.56. The first-order valence-electron chi connectivity index (χ1n) is 5.70. The Balaban J connectivity index is 2.66. The summed E-state index contributed by atoms with van der Waals surface area (Å²) in [4.78, 5) is 15.7. The first-order valence-corrected chi connectivity index (χ1v) is 5.70. The van der Waals surface area contributed by atoms with Crippen molar-refractivity contribution in [3.63, 3.8) is 0 Å². The van der Waals surface area contributed by atoms with Crippen LogP contribution in [0, 0.1) is 10.1 Å². The van der Waals surface area contributed by atoms with E-state index >= 15 is 0 Å². The molecule has 0 bridgehead atoms. The third-order valence-electron chi connectivity index (χ3n) is 3.17. The number of fused-ring (bicyclic) bond motifs is 1. The SMILES string of the molecule is C=CCC1=Nc2ccccc2C1(CC=C)[N+](=O)[O-]. The summed E-state index contributed by atoms with van der Waals surface area (Å²) in [5.74, 6) is 0. The highest BCUT2D eigenvalue weighted by Gasteiger charge is 2.53. The van der Waals surface area contributed by atoms with Crippen molar-refractivity contribution in [2.75, 3.05) is 0 Å². The van der Waals surface area contributed by atoms with Crippen LogP contribution < -0.4 is 0 Å². The van der Waals surface area contributed by atoms with E-state index in [1.807, 2.05) is 6.07 Å². The molecule has 1 aliphatic heterocycles. The molecule has 1 aromatic rings. The van der Waals surface area contributed by atoms with Gasteiger partial charge in [-0.2, -0.15) is 0 Å². The molecular formula is C14H14N2O2. The second-order valence-corrected chi connectivity index (χ2v) is 4.18. The highest BCUT2D eigenvalue weighted by Crippen LogP contribution is 2.44. The van der Waals surface area contributed by atoms with Gasteiger partial charge in [-0.3, -0.25) is 10.1 Å². The number of aliphatic imine (C=N–C) groups is 1. The van der Waals surface area contributed by atoms with Crippen molar-refractivity contribution in [2.24, 2.45) is 4.99 Å². The van der Waals surface area contributed by atoms with Gasteiger partial charge in [-0.05, 0) is 12.1 Å². The van der Waals surface area contributed by atoms with Gasteiger partial charge in [0.1, 0.15) is 5.71 Å². The lowest BCUT2D eigenvalue weighted by Gasteiger charge is -2.21. The number of nitrogens with zero attached hydrogens (tertiary/aromatic N) is 2. The minimum atomic E-state index is -1.27. The molecule has 1 aromatic carbocycles. The zero-order valence-corrected chi connectivity index (χ0v) is 10.0. The summed E-state index contributed by atoms with van der Waals surface area (Å²) in [6, 6.07) is 7.19. The Hall–Kier alpha value is -2.23. The summed E-state index contributed by atoms with van der Waals surface area (Å²) >= 11 is 0. The molecule has 0 radical (unpaired) electrons. The molecule has 0 saturated carbocycles. The van der Waals surface area contributed by atoms with Crippen molar-refractivity contribution in [2.45, 2.75) is 18.4 Å². The number of para-hydroxylation sites is 1. The number of hydrogen-bond donors (Lipinski definition) is 0. The summed E-state index contributed by atoms with van der Waals surface area (Å²) in [6.45, 7) is 7.28. The Bertz CT molecular complexity index is 548. The van der Waals surface area contributed by atoms with E-state index in [9.17, 15) is 10.1 Å². The van der Waals surface area contributed by atoms with E-state index in [2.05, 4.69) is 18.2 Å². The summed E-state index contributed by atoms with van der Waals surface area (Å²) in [6.07, 6.45) is 3.86. The van der Waals surface area contributed by atoms with Gasteiger partial charge in [-0.1, -0.05) is 24.3 Å². The first kappa shape index (κ1) is 12.2. The molecule has 4 nitrogen and oxygen atoms in total. The van der Waals surface area contributed by atoms with Gasteiger partial charge in [0.2, 0.25) is 0 Å². The van der Waals surface area contributed by atoms with Crippen LogP contribution in [0.15, 0.2) is 54.6 Å². The molecule has 0 aromatic heterocycles. The van der Waals surface area contributed by atoms with E-state index in [0.717, 1.165) is 0 Å². The zero-order valence-electron chi connectivity index (χ0n) is 10.0. The number of hydrogen-bond acceptors (Lipinski definition) is 3. The van der Waals surface area contributed by atoms with E-state index in [1.165, 1.54) is 0 Å². The van der Waals surface area contributed by atoms with Gasteiger partial charge >= 0.3 is 0 Å². The molecule has 1 atom stereocenters. The summed E-state index contributed by atoms with van der Waals surface area (Å²) in [7, 11) is 0. The molecule has 4 heteroatoms. The van der Waals surface area contributed by atoms with Crippen molar-refractivity contribution in [3.8, 4) is 0 Å². The highest BCUT2D eigenvalue weighted by molar-refractivity contribution is 6.01. The molecule has 0 N–H and O–H groups in total.